The molecule has 8 heteroatoms. The van der Waals surface area contributed by atoms with Crippen molar-refractivity contribution in [1.29, 1.82) is 0 Å². The number of methoxy groups -OCH3 is 1. The summed E-state index contributed by atoms with van der Waals surface area (Å²) >= 11 is 4.52. The zero-order valence-corrected chi connectivity index (χ0v) is 13.2. The first-order chi connectivity index (χ1) is 10.0. The molecule has 0 atom stereocenters. The molecule has 0 saturated heterocycles. The number of aromatic nitrogens is 1. The Hall–Kier alpha value is -1.93. The number of nitrogens with zero attached hydrogens (tertiary/aromatic N) is 2. The summed E-state index contributed by atoms with van der Waals surface area (Å²) in [5.41, 5.74) is -0.195. The van der Waals surface area contributed by atoms with Crippen molar-refractivity contribution in [2.45, 2.75) is 9.92 Å². The third-order valence-electron chi connectivity index (χ3n) is 2.49. The van der Waals surface area contributed by atoms with E-state index in [1.807, 2.05) is 24.3 Å². The van der Waals surface area contributed by atoms with E-state index in [4.69, 9.17) is 0 Å². The lowest BCUT2D eigenvalue weighted by molar-refractivity contribution is -0.388. The van der Waals surface area contributed by atoms with Gasteiger partial charge in [0.25, 0.3) is 0 Å². The molecule has 0 amide bonds. The standard InChI is InChI=1S/C13H9BrN2O4S/c1-20-13(17)8-6-10(16(18)19)12(15-7-8)21-11-5-3-2-4-9(11)14/h2-7H,1H3. The molecule has 0 unspecified atom stereocenters. The highest BCUT2D eigenvalue weighted by Crippen LogP contribution is 2.37. The predicted octanol–water partition coefficient (Wildman–Crippen LogP) is 3.69. The van der Waals surface area contributed by atoms with Crippen LogP contribution in [-0.2, 0) is 4.74 Å². The first kappa shape index (κ1) is 15.5. The molecule has 1 aromatic heterocycles. The third kappa shape index (κ3) is 3.59. The Bertz CT molecular complexity index is 708. The number of carbonyl (C=O) groups is 1. The van der Waals surface area contributed by atoms with Crippen LogP contribution in [0.4, 0.5) is 5.69 Å². The van der Waals surface area contributed by atoms with E-state index in [1.54, 1.807) is 0 Å². The molecule has 108 valence electrons. The molecule has 1 aromatic carbocycles. The number of hydrogen-bond donors (Lipinski definition) is 0. The summed E-state index contributed by atoms with van der Waals surface area (Å²) in [5.74, 6) is -0.664. The van der Waals surface area contributed by atoms with Gasteiger partial charge in [-0.25, -0.2) is 9.78 Å². The van der Waals surface area contributed by atoms with Crippen molar-refractivity contribution in [1.82, 2.24) is 4.98 Å². The second-order valence-corrected chi connectivity index (χ2v) is 5.71. The van der Waals surface area contributed by atoms with Gasteiger partial charge in [-0.05, 0) is 28.1 Å². The van der Waals surface area contributed by atoms with E-state index in [2.05, 4.69) is 25.7 Å². The highest BCUT2D eigenvalue weighted by Gasteiger charge is 2.21. The van der Waals surface area contributed by atoms with E-state index >= 15 is 0 Å². The van der Waals surface area contributed by atoms with E-state index in [9.17, 15) is 14.9 Å². The lowest BCUT2D eigenvalue weighted by Crippen LogP contribution is -2.04. The van der Waals surface area contributed by atoms with Crippen molar-refractivity contribution in [3.8, 4) is 0 Å². The average molecular weight is 369 g/mol. The molecule has 0 aliphatic heterocycles. The van der Waals surface area contributed by atoms with Gasteiger partial charge in [0.05, 0.1) is 17.6 Å². The number of ether oxygens (including phenoxy) is 1. The van der Waals surface area contributed by atoms with Gasteiger partial charge in [0.1, 0.15) is 0 Å². The summed E-state index contributed by atoms with van der Waals surface area (Å²) in [6.07, 6.45) is 1.26. The van der Waals surface area contributed by atoms with Crippen molar-refractivity contribution >= 4 is 39.3 Å². The van der Waals surface area contributed by atoms with Crippen LogP contribution in [0, 0.1) is 10.1 Å². The smallest absolute Gasteiger partial charge is 0.339 e. The number of pyridine rings is 1. The zero-order chi connectivity index (χ0) is 15.4. The van der Waals surface area contributed by atoms with Crippen LogP contribution in [0.25, 0.3) is 0 Å². The zero-order valence-electron chi connectivity index (χ0n) is 10.8. The van der Waals surface area contributed by atoms with Crippen LogP contribution in [0.5, 0.6) is 0 Å². The number of rotatable bonds is 4. The van der Waals surface area contributed by atoms with Crippen molar-refractivity contribution in [3.63, 3.8) is 0 Å². The Morgan fingerprint density at radius 3 is 2.76 bits per heavy atom. The summed E-state index contributed by atoms with van der Waals surface area (Å²) in [6, 6.07) is 8.47. The van der Waals surface area contributed by atoms with Crippen molar-refractivity contribution in [2.75, 3.05) is 7.11 Å². The molecule has 21 heavy (non-hydrogen) atoms. The first-order valence-electron chi connectivity index (χ1n) is 5.68. The minimum absolute atomic E-state index is 0.0423. The van der Waals surface area contributed by atoms with Crippen LogP contribution in [0.15, 0.2) is 50.9 Å². The Kier molecular flexibility index (Phi) is 4.92. The number of benzene rings is 1. The van der Waals surface area contributed by atoms with E-state index in [1.165, 1.54) is 13.3 Å². The number of esters is 1. The number of carbonyl (C=O) groups excluding carboxylic acids is 1. The Morgan fingerprint density at radius 2 is 2.14 bits per heavy atom. The summed E-state index contributed by atoms with van der Waals surface area (Å²) in [5, 5.41) is 11.4. The molecule has 0 aliphatic rings. The highest BCUT2D eigenvalue weighted by atomic mass is 79.9. The summed E-state index contributed by atoms with van der Waals surface area (Å²) in [7, 11) is 1.21. The number of hydrogen-bond acceptors (Lipinski definition) is 6. The molecule has 0 fully saturated rings. The molecule has 2 aromatic rings. The fourth-order valence-corrected chi connectivity index (χ4v) is 2.90. The lowest BCUT2D eigenvalue weighted by Gasteiger charge is -2.05. The average Bonchev–Trinajstić information content (AvgIpc) is 2.49. The maximum Gasteiger partial charge on any atom is 0.339 e. The fraction of sp³-hybridized carbons (Fsp3) is 0.0769. The molecule has 0 saturated carbocycles. The Morgan fingerprint density at radius 1 is 1.43 bits per heavy atom. The van der Waals surface area contributed by atoms with Crippen molar-refractivity contribution in [3.05, 3.63) is 56.7 Å². The van der Waals surface area contributed by atoms with Gasteiger partial charge in [-0.2, -0.15) is 0 Å². The van der Waals surface area contributed by atoms with Gasteiger partial charge in [0, 0.05) is 21.6 Å². The summed E-state index contributed by atoms with van der Waals surface area (Å²) in [6.45, 7) is 0. The van der Waals surface area contributed by atoms with Crippen LogP contribution < -0.4 is 0 Å². The molecule has 2 rings (SSSR count). The topological polar surface area (TPSA) is 82.3 Å². The van der Waals surface area contributed by atoms with Gasteiger partial charge in [-0.1, -0.05) is 23.9 Å². The van der Waals surface area contributed by atoms with Crippen LogP contribution in [-0.4, -0.2) is 23.0 Å². The monoisotopic (exact) mass is 368 g/mol. The normalized spacial score (nSPS) is 10.2. The van der Waals surface area contributed by atoms with Gasteiger partial charge in [-0.15, -0.1) is 0 Å². The van der Waals surface area contributed by atoms with E-state index in [-0.39, 0.29) is 16.3 Å². The van der Waals surface area contributed by atoms with Crippen LogP contribution in [0.2, 0.25) is 0 Å². The molecule has 1 heterocycles. The van der Waals surface area contributed by atoms with E-state index in [0.717, 1.165) is 27.2 Å². The minimum atomic E-state index is -0.664. The Labute approximate surface area is 132 Å². The number of halogens is 1. The SMILES string of the molecule is COC(=O)c1cnc(Sc2ccccc2Br)c([N+](=O)[O-])c1. The van der Waals surface area contributed by atoms with Crippen molar-refractivity contribution in [2.24, 2.45) is 0 Å². The van der Waals surface area contributed by atoms with Gasteiger partial charge < -0.3 is 4.74 Å². The Balaban J connectivity index is 2.42. The van der Waals surface area contributed by atoms with Gasteiger partial charge >= 0.3 is 11.7 Å². The molecule has 6 nitrogen and oxygen atoms in total. The molecule has 0 radical (unpaired) electrons. The third-order valence-corrected chi connectivity index (χ3v) is 4.53. The summed E-state index contributed by atoms with van der Waals surface area (Å²) in [4.78, 5) is 26.8. The minimum Gasteiger partial charge on any atom is -0.465 e. The van der Waals surface area contributed by atoms with Crippen LogP contribution in [0.3, 0.4) is 0 Å². The van der Waals surface area contributed by atoms with Gasteiger partial charge in [-0.3, -0.25) is 10.1 Å². The van der Waals surface area contributed by atoms with Gasteiger partial charge in [0.15, 0.2) is 5.03 Å². The molecule has 0 N–H and O–H groups in total. The molecule has 0 aliphatic carbocycles. The molecular formula is C13H9BrN2O4S. The fourth-order valence-electron chi connectivity index (χ4n) is 1.51. The molecule has 0 bridgehead atoms. The highest BCUT2D eigenvalue weighted by molar-refractivity contribution is 9.10. The maximum atomic E-state index is 11.4. The maximum absolute atomic E-state index is 11.4. The largest absolute Gasteiger partial charge is 0.465 e. The summed E-state index contributed by atoms with van der Waals surface area (Å²) < 4.78 is 5.34. The van der Waals surface area contributed by atoms with Crippen molar-refractivity contribution < 1.29 is 14.5 Å². The molecule has 0 spiro atoms. The van der Waals surface area contributed by atoms with Crippen LogP contribution in [0.1, 0.15) is 10.4 Å². The predicted molar refractivity (Wildman–Crippen MR) is 80.5 cm³/mol. The second-order valence-electron chi connectivity index (χ2n) is 3.83. The second kappa shape index (κ2) is 6.68. The first-order valence-corrected chi connectivity index (χ1v) is 7.29. The van der Waals surface area contributed by atoms with E-state index in [0.29, 0.717) is 0 Å². The number of nitro groups is 1. The quantitative estimate of drug-likeness (QED) is 0.464. The molecular weight excluding hydrogens is 360 g/mol. The van der Waals surface area contributed by atoms with Crippen LogP contribution >= 0.6 is 27.7 Å². The van der Waals surface area contributed by atoms with E-state index < -0.39 is 10.9 Å². The van der Waals surface area contributed by atoms with Gasteiger partial charge in [0.2, 0.25) is 0 Å². The lowest BCUT2D eigenvalue weighted by atomic mass is 10.3.